The molecule has 2 aromatic rings. The van der Waals surface area contributed by atoms with Crippen molar-refractivity contribution in [1.29, 1.82) is 0 Å². The first-order valence-corrected chi connectivity index (χ1v) is 6.38. The summed E-state index contributed by atoms with van der Waals surface area (Å²) in [5.41, 5.74) is 2.08. The maximum atomic E-state index is 4.55. The van der Waals surface area contributed by atoms with Gasteiger partial charge in [0.15, 0.2) is 0 Å². The third-order valence-electron chi connectivity index (χ3n) is 2.74. The number of hydrogen-bond acceptors (Lipinski definition) is 5. The van der Waals surface area contributed by atoms with Crippen molar-refractivity contribution in [2.24, 2.45) is 0 Å². The van der Waals surface area contributed by atoms with E-state index in [9.17, 15) is 0 Å². The third-order valence-corrected chi connectivity index (χ3v) is 3.84. The number of likely N-dealkylation sites (N-methyl/N-ethyl adjacent to an activating group) is 1. The number of aryl methyl sites for hydroxylation is 2. The Balaban J connectivity index is 2.15. The smallest absolute Gasteiger partial charge is 0.0950 e. The number of nitrogens with zero attached hydrogens (tertiary/aromatic N) is 3. The summed E-state index contributed by atoms with van der Waals surface area (Å²) in [5, 5.41) is 4.40. The van der Waals surface area contributed by atoms with Crippen LogP contribution in [-0.4, -0.2) is 22.0 Å². The van der Waals surface area contributed by atoms with Gasteiger partial charge in [-0.1, -0.05) is 0 Å². The molecule has 17 heavy (non-hydrogen) atoms. The van der Waals surface area contributed by atoms with Crippen LogP contribution >= 0.6 is 11.3 Å². The van der Waals surface area contributed by atoms with Crippen LogP contribution in [0.4, 0.5) is 0 Å². The highest BCUT2D eigenvalue weighted by Gasteiger charge is 2.14. The van der Waals surface area contributed by atoms with E-state index < -0.39 is 0 Å². The first-order chi connectivity index (χ1) is 8.20. The van der Waals surface area contributed by atoms with Crippen molar-refractivity contribution in [3.63, 3.8) is 0 Å². The molecule has 2 heterocycles. The number of thiazole rings is 1. The number of nitrogens with one attached hydrogen (secondary N) is 1. The highest BCUT2D eigenvalue weighted by molar-refractivity contribution is 7.11. The van der Waals surface area contributed by atoms with E-state index in [4.69, 9.17) is 0 Å². The molecule has 2 aromatic heterocycles. The Morgan fingerprint density at radius 1 is 1.35 bits per heavy atom. The molecule has 0 saturated heterocycles. The predicted molar refractivity (Wildman–Crippen MR) is 69.1 cm³/mol. The largest absolute Gasteiger partial charge is 0.311 e. The quantitative estimate of drug-likeness (QED) is 0.899. The summed E-state index contributed by atoms with van der Waals surface area (Å²) >= 11 is 1.75. The molecule has 4 nitrogen and oxygen atoms in total. The number of rotatable bonds is 4. The average Bonchev–Trinajstić information content (AvgIpc) is 2.67. The second-order valence-electron chi connectivity index (χ2n) is 3.92. The highest BCUT2D eigenvalue weighted by Crippen LogP contribution is 2.22. The molecule has 1 N–H and O–H groups in total. The Hall–Kier alpha value is -1.33. The van der Waals surface area contributed by atoms with Gasteiger partial charge >= 0.3 is 0 Å². The third kappa shape index (κ3) is 2.87. The van der Waals surface area contributed by atoms with Crippen LogP contribution in [0.5, 0.6) is 0 Å². The van der Waals surface area contributed by atoms with E-state index in [1.807, 2.05) is 14.0 Å². The number of aromatic nitrogens is 3. The average molecular weight is 248 g/mol. The summed E-state index contributed by atoms with van der Waals surface area (Å²) in [6, 6.07) is 0.175. The lowest BCUT2D eigenvalue weighted by atomic mass is 10.1. The molecule has 0 aliphatic heterocycles. The Morgan fingerprint density at radius 3 is 2.71 bits per heavy atom. The SMILES string of the molecule is CNC(Cc1nc(C)c(C)s1)c1cnccn1. The van der Waals surface area contributed by atoms with Gasteiger partial charge in [0, 0.05) is 29.9 Å². The minimum Gasteiger partial charge on any atom is -0.311 e. The van der Waals surface area contributed by atoms with Crippen LogP contribution in [0.2, 0.25) is 0 Å². The van der Waals surface area contributed by atoms with Gasteiger partial charge in [-0.2, -0.15) is 0 Å². The van der Waals surface area contributed by atoms with Crippen molar-refractivity contribution >= 4 is 11.3 Å². The highest BCUT2D eigenvalue weighted by atomic mass is 32.1. The number of hydrogen-bond donors (Lipinski definition) is 1. The first kappa shape index (κ1) is 12.1. The summed E-state index contributed by atoms with van der Waals surface area (Å²) in [6.07, 6.45) is 6.06. The fourth-order valence-electron chi connectivity index (χ4n) is 1.65. The summed E-state index contributed by atoms with van der Waals surface area (Å²) in [7, 11) is 1.94. The molecule has 1 unspecified atom stereocenters. The normalized spacial score (nSPS) is 12.6. The minimum absolute atomic E-state index is 0.175. The molecule has 90 valence electrons. The molecular weight excluding hydrogens is 232 g/mol. The van der Waals surface area contributed by atoms with E-state index >= 15 is 0 Å². The zero-order valence-electron chi connectivity index (χ0n) is 10.3. The molecule has 2 rings (SSSR count). The summed E-state index contributed by atoms with van der Waals surface area (Å²) in [5.74, 6) is 0. The summed E-state index contributed by atoms with van der Waals surface area (Å²) in [6.45, 7) is 4.15. The Labute approximate surface area is 105 Å². The van der Waals surface area contributed by atoms with E-state index in [1.165, 1.54) is 4.88 Å². The lowest BCUT2D eigenvalue weighted by Crippen LogP contribution is -2.20. The second kappa shape index (κ2) is 5.33. The molecule has 5 heteroatoms. The van der Waals surface area contributed by atoms with Gasteiger partial charge in [0.1, 0.15) is 0 Å². The molecule has 0 fully saturated rings. The minimum atomic E-state index is 0.175. The summed E-state index contributed by atoms with van der Waals surface area (Å²) in [4.78, 5) is 14.3. The summed E-state index contributed by atoms with van der Waals surface area (Å²) < 4.78 is 0. The van der Waals surface area contributed by atoms with Gasteiger partial charge < -0.3 is 5.32 Å². The van der Waals surface area contributed by atoms with Crippen molar-refractivity contribution in [2.45, 2.75) is 26.3 Å². The van der Waals surface area contributed by atoms with E-state index in [0.717, 1.165) is 22.8 Å². The second-order valence-corrected chi connectivity index (χ2v) is 5.21. The van der Waals surface area contributed by atoms with Gasteiger partial charge in [-0.3, -0.25) is 9.97 Å². The van der Waals surface area contributed by atoms with E-state index in [0.29, 0.717) is 0 Å². The Bertz CT molecular complexity index is 461. The van der Waals surface area contributed by atoms with Crippen LogP contribution in [0.15, 0.2) is 18.6 Å². The van der Waals surface area contributed by atoms with Crippen LogP contribution in [-0.2, 0) is 6.42 Å². The van der Waals surface area contributed by atoms with Crippen LogP contribution in [0, 0.1) is 13.8 Å². The lowest BCUT2D eigenvalue weighted by molar-refractivity contribution is 0.571. The zero-order chi connectivity index (χ0) is 12.3. The van der Waals surface area contributed by atoms with Crippen LogP contribution in [0.25, 0.3) is 0 Å². The predicted octanol–water partition coefficient (Wildman–Crippen LogP) is 2.05. The van der Waals surface area contributed by atoms with Crippen molar-refractivity contribution < 1.29 is 0 Å². The monoisotopic (exact) mass is 248 g/mol. The molecule has 0 spiro atoms. The van der Waals surface area contributed by atoms with Crippen LogP contribution < -0.4 is 5.32 Å². The van der Waals surface area contributed by atoms with Gasteiger partial charge in [0.05, 0.1) is 22.4 Å². The van der Waals surface area contributed by atoms with Gasteiger partial charge in [0.25, 0.3) is 0 Å². The molecule has 0 aromatic carbocycles. The van der Waals surface area contributed by atoms with Crippen molar-refractivity contribution in [3.8, 4) is 0 Å². The van der Waals surface area contributed by atoms with E-state index in [1.54, 1.807) is 29.9 Å². The molecule has 1 atom stereocenters. The fraction of sp³-hybridized carbons (Fsp3) is 0.417. The molecule has 0 saturated carbocycles. The van der Waals surface area contributed by atoms with Gasteiger partial charge in [-0.15, -0.1) is 11.3 Å². The Morgan fingerprint density at radius 2 is 2.18 bits per heavy atom. The van der Waals surface area contributed by atoms with Crippen LogP contribution in [0.3, 0.4) is 0 Å². The standard InChI is InChI=1S/C12H16N4S/c1-8-9(2)17-12(16-8)6-10(13-3)11-7-14-4-5-15-11/h4-5,7,10,13H,6H2,1-3H3. The van der Waals surface area contributed by atoms with Crippen molar-refractivity contribution in [2.75, 3.05) is 7.05 Å². The molecule has 0 aliphatic rings. The maximum absolute atomic E-state index is 4.55. The van der Waals surface area contributed by atoms with E-state index in [2.05, 4.69) is 27.2 Å². The van der Waals surface area contributed by atoms with Crippen molar-refractivity contribution in [3.05, 3.63) is 39.9 Å². The zero-order valence-corrected chi connectivity index (χ0v) is 11.1. The van der Waals surface area contributed by atoms with Crippen molar-refractivity contribution in [1.82, 2.24) is 20.3 Å². The lowest BCUT2D eigenvalue weighted by Gasteiger charge is -2.13. The fourth-order valence-corrected chi connectivity index (χ4v) is 2.63. The maximum Gasteiger partial charge on any atom is 0.0950 e. The molecule has 0 aliphatic carbocycles. The van der Waals surface area contributed by atoms with Crippen LogP contribution in [0.1, 0.15) is 27.3 Å². The molecule has 0 amide bonds. The van der Waals surface area contributed by atoms with E-state index in [-0.39, 0.29) is 6.04 Å². The topological polar surface area (TPSA) is 50.7 Å². The first-order valence-electron chi connectivity index (χ1n) is 5.56. The molecular formula is C12H16N4S. The Kier molecular flexibility index (Phi) is 3.81. The molecule has 0 bridgehead atoms. The van der Waals surface area contributed by atoms with Gasteiger partial charge in [-0.25, -0.2) is 4.98 Å². The molecule has 0 radical (unpaired) electrons. The van der Waals surface area contributed by atoms with Gasteiger partial charge in [-0.05, 0) is 20.9 Å². The van der Waals surface area contributed by atoms with Gasteiger partial charge in [0.2, 0.25) is 0 Å².